The molecule has 5 nitrogen and oxygen atoms in total. The molecule has 0 bridgehead atoms. The Kier molecular flexibility index (Phi) is 3.63. The van der Waals surface area contributed by atoms with Crippen molar-refractivity contribution < 1.29 is 18.0 Å². The van der Waals surface area contributed by atoms with Crippen LogP contribution in [0.15, 0.2) is 16.7 Å². The smallest absolute Gasteiger partial charge is 0.240 e. The van der Waals surface area contributed by atoms with Gasteiger partial charge in [-0.2, -0.15) is 4.98 Å². The lowest BCUT2D eigenvalue weighted by Crippen LogP contribution is -1.99. The molecule has 2 rings (SSSR count). The van der Waals surface area contributed by atoms with Gasteiger partial charge in [-0.1, -0.05) is 11.2 Å². The standard InChI is InChI=1S/C11H11F2N3O2/c1-17-5-6-2-3-7(10(13)9(6)12)11-15-8(4-14)18-16-11/h2-3H,4-5,14H2,1H3. The van der Waals surface area contributed by atoms with E-state index in [9.17, 15) is 8.78 Å². The summed E-state index contributed by atoms with van der Waals surface area (Å²) in [7, 11) is 1.40. The zero-order valence-electron chi connectivity index (χ0n) is 9.61. The summed E-state index contributed by atoms with van der Waals surface area (Å²) in [5.41, 5.74) is 5.35. The van der Waals surface area contributed by atoms with Crippen LogP contribution >= 0.6 is 0 Å². The number of methoxy groups -OCH3 is 1. The van der Waals surface area contributed by atoms with Gasteiger partial charge in [0.1, 0.15) is 0 Å². The summed E-state index contributed by atoms with van der Waals surface area (Å²) in [5.74, 6) is -1.89. The van der Waals surface area contributed by atoms with Crippen LogP contribution in [0, 0.1) is 11.6 Å². The van der Waals surface area contributed by atoms with Crippen LogP contribution < -0.4 is 5.73 Å². The zero-order valence-corrected chi connectivity index (χ0v) is 9.61. The van der Waals surface area contributed by atoms with E-state index in [1.54, 1.807) is 0 Å². The molecule has 0 atom stereocenters. The summed E-state index contributed by atoms with van der Waals surface area (Å²) in [6.07, 6.45) is 0. The average Bonchev–Trinajstić information content (AvgIpc) is 2.84. The zero-order chi connectivity index (χ0) is 13.1. The van der Waals surface area contributed by atoms with E-state index in [1.165, 1.54) is 19.2 Å². The van der Waals surface area contributed by atoms with Gasteiger partial charge in [-0.25, -0.2) is 8.78 Å². The van der Waals surface area contributed by atoms with Crippen LogP contribution in [0.3, 0.4) is 0 Å². The maximum atomic E-state index is 13.8. The number of ether oxygens (including phenoxy) is 1. The Labute approximate surface area is 102 Å². The van der Waals surface area contributed by atoms with Crippen LogP contribution in [0.4, 0.5) is 8.78 Å². The van der Waals surface area contributed by atoms with Crippen molar-refractivity contribution in [2.45, 2.75) is 13.2 Å². The van der Waals surface area contributed by atoms with Crippen molar-refractivity contribution in [3.8, 4) is 11.4 Å². The molecule has 0 aliphatic rings. The van der Waals surface area contributed by atoms with Crippen molar-refractivity contribution in [1.29, 1.82) is 0 Å². The van der Waals surface area contributed by atoms with Crippen LogP contribution in [-0.2, 0) is 17.9 Å². The summed E-state index contributed by atoms with van der Waals surface area (Å²) in [4.78, 5) is 3.84. The van der Waals surface area contributed by atoms with Gasteiger partial charge in [-0.05, 0) is 6.07 Å². The SMILES string of the molecule is COCc1ccc(-c2noc(CN)n2)c(F)c1F. The summed E-state index contributed by atoms with van der Waals surface area (Å²) < 4.78 is 37.0. The summed E-state index contributed by atoms with van der Waals surface area (Å²) >= 11 is 0. The minimum absolute atomic E-state index is 0.0106. The van der Waals surface area contributed by atoms with E-state index in [0.29, 0.717) is 0 Å². The quantitative estimate of drug-likeness (QED) is 0.898. The van der Waals surface area contributed by atoms with Gasteiger partial charge < -0.3 is 15.0 Å². The first kappa shape index (κ1) is 12.6. The van der Waals surface area contributed by atoms with Gasteiger partial charge >= 0.3 is 0 Å². The lowest BCUT2D eigenvalue weighted by Gasteiger charge is -2.05. The third-order valence-electron chi connectivity index (χ3n) is 2.35. The molecule has 1 heterocycles. The van der Waals surface area contributed by atoms with Crippen LogP contribution in [0.1, 0.15) is 11.5 Å². The second-order valence-electron chi connectivity index (χ2n) is 3.55. The minimum atomic E-state index is -1.03. The van der Waals surface area contributed by atoms with Crippen molar-refractivity contribution in [2.75, 3.05) is 7.11 Å². The van der Waals surface area contributed by atoms with E-state index < -0.39 is 11.6 Å². The first-order chi connectivity index (χ1) is 8.67. The number of benzene rings is 1. The molecule has 2 N–H and O–H groups in total. The Balaban J connectivity index is 2.43. The molecule has 0 aliphatic carbocycles. The normalized spacial score (nSPS) is 10.9. The molecule has 18 heavy (non-hydrogen) atoms. The molecule has 96 valence electrons. The van der Waals surface area contributed by atoms with Gasteiger partial charge in [0.05, 0.1) is 18.7 Å². The van der Waals surface area contributed by atoms with Crippen molar-refractivity contribution in [1.82, 2.24) is 10.1 Å². The highest BCUT2D eigenvalue weighted by atomic mass is 19.2. The lowest BCUT2D eigenvalue weighted by atomic mass is 10.1. The van der Waals surface area contributed by atoms with Crippen molar-refractivity contribution in [3.63, 3.8) is 0 Å². The second-order valence-corrected chi connectivity index (χ2v) is 3.55. The third-order valence-corrected chi connectivity index (χ3v) is 2.35. The van der Waals surface area contributed by atoms with E-state index in [4.69, 9.17) is 15.0 Å². The average molecular weight is 255 g/mol. The van der Waals surface area contributed by atoms with E-state index in [0.717, 1.165) is 0 Å². The first-order valence-corrected chi connectivity index (χ1v) is 5.16. The van der Waals surface area contributed by atoms with Crippen molar-refractivity contribution >= 4 is 0 Å². The number of hydrogen-bond donors (Lipinski definition) is 1. The number of nitrogens with two attached hydrogens (primary N) is 1. The fraction of sp³-hybridized carbons (Fsp3) is 0.273. The Morgan fingerprint density at radius 1 is 1.33 bits per heavy atom. The number of aromatic nitrogens is 2. The van der Waals surface area contributed by atoms with E-state index in [1.807, 2.05) is 0 Å². The van der Waals surface area contributed by atoms with Gasteiger partial charge in [0.15, 0.2) is 11.6 Å². The van der Waals surface area contributed by atoms with Gasteiger partial charge in [-0.3, -0.25) is 0 Å². The highest BCUT2D eigenvalue weighted by Crippen LogP contribution is 2.24. The van der Waals surface area contributed by atoms with E-state index >= 15 is 0 Å². The summed E-state index contributed by atoms with van der Waals surface area (Å²) in [6, 6.07) is 2.79. The molecule has 0 saturated carbocycles. The molecule has 0 amide bonds. The molecule has 1 aromatic carbocycles. The second kappa shape index (κ2) is 5.19. The Morgan fingerprint density at radius 2 is 2.11 bits per heavy atom. The van der Waals surface area contributed by atoms with Crippen molar-refractivity contribution in [2.24, 2.45) is 5.73 Å². The highest BCUT2D eigenvalue weighted by molar-refractivity contribution is 5.56. The summed E-state index contributed by atoms with van der Waals surface area (Å²) in [6.45, 7) is 0.0299. The molecule has 0 unspecified atom stereocenters. The van der Waals surface area contributed by atoms with E-state index in [-0.39, 0.29) is 36.0 Å². The molecule has 0 saturated heterocycles. The minimum Gasteiger partial charge on any atom is -0.380 e. The fourth-order valence-electron chi connectivity index (χ4n) is 1.48. The fourth-order valence-corrected chi connectivity index (χ4v) is 1.48. The van der Waals surface area contributed by atoms with Gasteiger partial charge in [0.2, 0.25) is 11.7 Å². The monoisotopic (exact) mass is 255 g/mol. The van der Waals surface area contributed by atoms with Gasteiger partial charge in [0.25, 0.3) is 0 Å². The van der Waals surface area contributed by atoms with Crippen LogP contribution in [0.5, 0.6) is 0 Å². The van der Waals surface area contributed by atoms with Crippen molar-refractivity contribution in [3.05, 3.63) is 35.2 Å². The Morgan fingerprint density at radius 3 is 2.72 bits per heavy atom. The Hall–Kier alpha value is -1.86. The molecule has 0 fully saturated rings. The highest BCUT2D eigenvalue weighted by Gasteiger charge is 2.18. The van der Waals surface area contributed by atoms with Crippen LogP contribution in [0.25, 0.3) is 11.4 Å². The van der Waals surface area contributed by atoms with E-state index in [2.05, 4.69) is 10.1 Å². The lowest BCUT2D eigenvalue weighted by molar-refractivity contribution is 0.180. The third kappa shape index (κ3) is 2.22. The molecule has 2 aromatic rings. The summed E-state index contributed by atoms with van der Waals surface area (Å²) in [5, 5.41) is 3.53. The molecular formula is C11H11F2N3O2. The Bertz CT molecular complexity index is 557. The molecule has 0 radical (unpaired) electrons. The number of hydrogen-bond acceptors (Lipinski definition) is 5. The van der Waals surface area contributed by atoms with Crippen LogP contribution in [-0.4, -0.2) is 17.3 Å². The largest absolute Gasteiger partial charge is 0.380 e. The van der Waals surface area contributed by atoms with Gasteiger partial charge in [0, 0.05) is 12.7 Å². The first-order valence-electron chi connectivity index (χ1n) is 5.16. The molecule has 7 heteroatoms. The molecule has 0 aliphatic heterocycles. The number of nitrogens with zero attached hydrogens (tertiary/aromatic N) is 2. The predicted molar refractivity (Wildman–Crippen MR) is 58.3 cm³/mol. The number of halogens is 2. The molecule has 0 spiro atoms. The number of rotatable bonds is 4. The van der Waals surface area contributed by atoms with Gasteiger partial charge in [-0.15, -0.1) is 0 Å². The van der Waals surface area contributed by atoms with Crippen LogP contribution in [0.2, 0.25) is 0 Å². The maximum absolute atomic E-state index is 13.8. The topological polar surface area (TPSA) is 74.2 Å². The maximum Gasteiger partial charge on any atom is 0.240 e. The predicted octanol–water partition coefficient (Wildman–Crippen LogP) is 1.62. The molecule has 1 aromatic heterocycles. The molecular weight excluding hydrogens is 244 g/mol.